The highest BCUT2D eigenvalue weighted by molar-refractivity contribution is 6.01. The standard InChI is InChI=1S/C20H31N3O3/c1-4-22(5-2)13-9-12-21-20(25)16-14-19(24)23(15-16)17-10-7-8-11-18(17)26-6-3/h7-8,10-11,16H,4-6,9,12-15H2,1-3H3,(H,21,25). The van der Waals surface area contributed by atoms with Crippen LogP contribution in [0.1, 0.15) is 33.6 Å². The Morgan fingerprint density at radius 1 is 1.27 bits per heavy atom. The molecular weight excluding hydrogens is 330 g/mol. The number of carbonyl (C=O) groups excluding carboxylic acids is 2. The molecule has 1 aliphatic heterocycles. The molecule has 1 N–H and O–H groups in total. The number of anilines is 1. The average molecular weight is 361 g/mol. The van der Waals surface area contributed by atoms with Crippen LogP contribution >= 0.6 is 0 Å². The maximum atomic E-state index is 12.4. The number of carbonyl (C=O) groups is 2. The summed E-state index contributed by atoms with van der Waals surface area (Å²) in [6, 6.07) is 7.49. The van der Waals surface area contributed by atoms with Crippen molar-refractivity contribution in [3.8, 4) is 5.75 Å². The first-order valence-corrected chi connectivity index (χ1v) is 9.62. The van der Waals surface area contributed by atoms with Crippen molar-refractivity contribution in [3.63, 3.8) is 0 Å². The van der Waals surface area contributed by atoms with E-state index >= 15 is 0 Å². The van der Waals surface area contributed by atoms with E-state index in [-0.39, 0.29) is 24.2 Å². The van der Waals surface area contributed by atoms with Gasteiger partial charge in [0.05, 0.1) is 18.2 Å². The minimum Gasteiger partial charge on any atom is -0.492 e. The lowest BCUT2D eigenvalue weighted by molar-refractivity contribution is -0.126. The Balaban J connectivity index is 1.88. The fourth-order valence-corrected chi connectivity index (χ4v) is 3.27. The highest BCUT2D eigenvalue weighted by atomic mass is 16.5. The van der Waals surface area contributed by atoms with Crippen molar-refractivity contribution in [2.45, 2.75) is 33.6 Å². The molecule has 0 bridgehead atoms. The van der Waals surface area contributed by atoms with Gasteiger partial charge >= 0.3 is 0 Å². The van der Waals surface area contributed by atoms with Crippen molar-refractivity contribution in [2.24, 2.45) is 5.92 Å². The van der Waals surface area contributed by atoms with Crippen molar-refractivity contribution in [1.82, 2.24) is 10.2 Å². The number of ether oxygens (including phenoxy) is 1. The number of rotatable bonds is 10. The average Bonchev–Trinajstić information content (AvgIpc) is 3.04. The number of nitrogens with one attached hydrogen (secondary N) is 1. The van der Waals surface area contributed by atoms with E-state index in [0.29, 0.717) is 25.4 Å². The second-order valence-corrected chi connectivity index (χ2v) is 6.48. The largest absolute Gasteiger partial charge is 0.492 e. The molecule has 0 aromatic heterocycles. The lowest BCUT2D eigenvalue weighted by Crippen LogP contribution is -2.35. The Bertz CT molecular complexity index is 602. The van der Waals surface area contributed by atoms with Gasteiger partial charge in [-0.1, -0.05) is 26.0 Å². The molecule has 144 valence electrons. The van der Waals surface area contributed by atoms with E-state index in [2.05, 4.69) is 24.1 Å². The van der Waals surface area contributed by atoms with Crippen LogP contribution in [0.25, 0.3) is 0 Å². The van der Waals surface area contributed by atoms with Gasteiger partial charge in [-0.15, -0.1) is 0 Å². The molecule has 1 atom stereocenters. The summed E-state index contributed by atoms with van der Waals surface area (Å²) >= 11 is 0. The molecule has 2 amide bonds. The summed E-state index contributed by atoms with van der Waals surface area (Å²) in [5, 5.41) is 2.98. The number of para-hydroxylation sites is 2. The van der Waals surface area contributed by atoms with Crippen LogP contribution in [-0.4, -0.2) is 56.0 Å². The topological polar surface area (TPSA) is 61.9 Å². The molecule has 1 saturated heterocycles. The summed E-state index contributed by atoms with van der Waals surface area (Å²) in [5.74, 6) is 0.323. The second kappa shape index (κ2) is 10.2. The monoisotopic (exact) mass is 361 g/mol. The van der Waals surface area contributed by atoms with Gasteiger partial charge in [0.2, 0.25) is 11.8 Å². The van der Waals surface area contributed by atoms with Crippen molar-refractivity contribution in [3.05, 3.63) is 24.3 Å². The number of amides is 2. The van der Waals surface area contributed by atoms with Crippen LogP contribution in [-0.2, 0) is 9.59 Å². The molecule has 0 aliphatic carbocycles. The zero-order valence-corrected chi connectivity index (χ0v) is 16.2. The number of nitrogens with zero attached hydrogens (tertiary/aromatic N) is 2. The van der Waals surface area contributed by atoms with Gasteiger partial charge in [0.15, 0.2) is 0 Å². The van der Waals surface area contributed by atoms with Gasteiger partial charge in [-0.05, 0) is 45.1 Å². The van der Waals surface area contributed by atoms with Crippen LogP contribution in [0.15, 0.2) is 24.3 Å². The summed E-state index contributed by atoms with van der Waals surface area (Å²) in [6.07, 6.45) is 1.17. The van der Waals surface area contributed by atoms with Crippen molar-refractivity contribution in [1.29, 1.82) is 0 Å². The normalized spacial score (nSPS) is 17.0. The fourth-order valence-electron chi connectivity index (χ4n) is 3.27. The molecule has 1 heterocycles. The minimum absolute atomic E-state index is 0.0274. The number of hydrogen-bond acceptors (Lipinski definition) is 4. The van der Waals surface area contributed by atoms with E-state index in [9.17, 15) is 9.59 Å². The highest BCUT2D eigenvalue weighted by Crippen LogP contribution is 2.33. The zero-order chi connectivity index (χ0) is 18.9. The molecule has 1 aliphatic rings. The summed E-state index contributed by atoms with van der Waals surface area (Å²) in [7, 11) is 0. The predicted molar refractivity (Wildman–Crippen MR) is 103 cm³/mol. The first-order chi connectivity index (χ1) is 12.6. The summed E-state index contributed by atoms with van der Waals surface area (Å²) in [6.45, 7) is 10.8. The molecule has 0 radical (unpaired) electrons. The lowest BCUT2D eigenvalue weighted by Gasteiger charge is -2.20. The van der Waals surface area contributed by atoms with Gasteiger partial charge in [0, 0.05) is 19.5 Å². The number of benzene rings is 1. The molecule has 6 heteroatoms. The van der Waals surface area contributed by atoms with Gasteiger partial charge < -0.3 is 19.9 Å². The molecule has 1 fully saturated rings. The molecule has 2 rings (SSSR count). The predicted octanol–water partition coefficient (Wildman–Crippen LogP) is 2.29. The Labute approximate surface area is 156 Å². The molecule has 1 aromatic rings. The van der Waals surface area contributed by atoms with Gasteiger partial charge in [-0.3, -0.25) is 9.59 Å². The molecule has 0 saturated carbocycles. The third-order valence-corrected chi connectivity index (χ3v) is 4.80. The maximum absolute atomic E-state index is 12.4. The lowest BCUT2D eigenvalue weighted by atomic mass is 10.1. The molecule has 26 heavy (non-hydrogen) atoms. The molecule has 1 unspecified atom stereocenters. The summed E-state index contributed by atoms with van der Waals surface area (Å²) < 4.78 is 5.62. The van der Waals surface area contributed by atoms with Crippen molar-refractivity contribution < 1.29 is 14.3 Å². The first-order valence-electron chi connectivity index (χ1n) is 9.62. The van der Waals surface area contributed by atoms with Crippen LogP contribution in [0.3, 0.4) is 0 Å². The molecule has 1 aromatic carbocycles. The van der Waals surface area contributed by atoms with Gasteiger partial charge in [-0.25, -0.2) is 0 Å². The van der Waals surface area contributed by atoms with Crippen LogP contribution in [0, 0.1) is 5.92 Å². The highest BCUT2D eigenvalue weighted by Gasteiger charge is 2.36. The molecular formula is C20H31N3O3. The van der Waals surface area contributed by atoms with Gasteiger partial charge in [-0.2, -0.15) is 0 Å². The third-order valence-electron chi connectivity index (χ3n) is 4.80. The van der Waals surface area contributed by atoms with Crippen LogP contribution < -0.4 is 15.0 Å². The first kappa shape index (κ1) is 20.2. The molecule has 0 spiro atoms. The van der Waals surface area contributed by atoms with Crippen LogP contribution in [0.5, 0.6) is 5.75 Å². The summed E-state index contributed by atoms with van der Waals surface area (Å²) in [5.41, 5.74) is 0.746. The Hall–Kier alpha value is -2.08. The van der Waals surface area contributed by atoms with E-state index in [1.54, 1.807) is 4.90 Å². The van der Waals surface area contributed by atoms with Crippen molar-refractivity contribution in [2.75, 3.05) is 44.2 Å². The van der Waals surface area contributed by atoms with Crippen LogP contribution in [0.2, 0.25) is 0 Å². The second-order valence-electron chi connectivity index (χ2n) is 6.48. The molecule has 6 nitrogen and oxygen atoms in total. The fraction of sp³-hybridized carbons (Fsp3) is 0.600. The smallest absolute Gasteiger partial charge is 0.227 e. The van der Waals surface area contributed by atoms with E-state index in [1.807, 2.05) is 31.2 Å². The Morgan fingerprint density at radius 2 is 2.00 bits per heavy atom. The van der Waals surface area contributed by atoms with E-state index in [4.69, 9.17) is 4.74 Å². The summed E-state index contributed by atoms with van der Waals surface area (Å²) in [4.78, 5) is 28.9. The minimum atomic E-state index is -0.300. The van der Waals surface area contributed by atoms with E-state index < -0.39 is 0 Å². The SMILES string of the molecule is CCOc1ccccc1N1CC(C(=O)NCCCN(CC)CC)CC1=O. The van der Waals surface area contributed by atoms with Gasteiger partial charge in [0.25, 0.3) is 0 Å². The van der Waals surface area contributed by atoms with Crippen LogP contribution in [0.4, 0.5) is 5.69 Å². The van der Waals surface area contributed by atoms with E-state index in [1.165, 1.54) is 0 Å². The maximum Gasteiger partial charge on any atom is 0.227 e. The third kappa shape index (κ3) is 5.21. The Morgan fingerprint density at radius 3 is 2.69 bits per heavy atom. The van der Waals surface area contributed by atoms with Gasteiger partial charge in [0.1, 0.15) is 5.75 Å². The van der Waals surface area contributed by atoms with E-state index in [0.717, 1.165) is 31.7 Å². The Kier molecular flexibility index (Phi) is 7.91. The number of hydrogen-bond donors (Lipinski definition) is 1. The quantitative estimate of drug-likeness (QED) is 0.650. The zero-order valence-electron chi connectivity index (χ0n) is 16.2. The van der Waals surface area contributed by atoms with Crippen molar-refractivity contribution >= 4 is 17.5 Å².